The number of aliphatic hydroxyl groups excluding tert-OH is 1. The highest BCUT2D eigenvalue weighted by Gasteiger charge is 2.15. The van der Waals surface area contributed by atoms with Gasteiger partial charge in [-0.15, -0.1) is 0 Å². The summed E-state index contributed by atoms with van der Waals surface area (Å²) in [6, 6.07) is 5.90. The number of likely N-dealkylation sites (N-methyl/N-ethyl adjacent to an activating group) is 1. The first kappa shape index (κ1) is 11.1. The van der Waals surface area contributed by atoms with E-state index in [1.165, 1.54) is 0 Å². The number of benzene rings is 1. The molecule has 4 nitrogen and oxygen atoms in total. The maximum Gasteiger partial charge on any atom is 0.0955 e. The topological polar surface area (TPSA) is 50.1 Å². The first-order chi connectivity index (χ1) is 7.63. The molecular weight excluding hydrogens is 202 g/mol. The Labute approximate surface area is 94.9 Å². The first-order valence-electron chi connectivity index (χ1n) is 5.40. The highest BCUT2D eigenvalue weighted by atomic mass is 16.3. The highest BCUT2D eigenvalue weighted by Crippen LogP contribution is 2.21. The van der Waals surface area contributed by atoms with E-state index in [4.69, 9.17) is 0 Å². The maximum atomic E-state index is 10.1. The van der Waals surface area contributed by atoms with Crippen LogP contribution in [0.2, 0.25) is 0 Å². The van der Waals surface area contributed by atoms with Crippen LogP contribution in [0.25, 0.3) is 11.0 Å². The molecule has 0 aliphatic heterocycles. The summed E-state index contributed by atoms with van der Waals surface area (Å²) in [4.78, 5) is 4.28. The zero-order chi connectivity index (χ0) is 11.7. The second kappa shape index (κ2) is 4.23. The van der Waals surface area contributed by atoms with Crippen LogP contribution in [0.1, 0.15) is 18.6 Å². The van der Waals surface area contributed by atoms with E-state index in [1.807, 2.05) is 43.8 Å². The minimum atomic E-state index is -0.503. The molecule has 4 heteroatoms. The second-order valence-electron chi connectivity index (χ2n) is 4.13. The lowest BCUT2D eigenvalue weighted by Crippen LogP contribution is -2.28. The lowest BCUT2D eigenvalue weighted by Gasteiger charge is -2.18. The van der Waals surface area contributed by atoms with Crippen LogP contribution in [0, 0.1) is 0 Å². The van der Waals surface area contributed by atoms with E-state index in [2.05, 4.69) is 10.3 Å². The van der Waals surface area contributed by atoms with E-state index in [0.717, 1.165) is 16.6 Å². The molecule has 2 atom stereocenters. The van der Waals surface area contributed by atoms with Crippen molar-refractivity contribution >= 4 is 11.0 Å². The number of nitrogens with one attached hydrogen (secondary N) is 1. The van der Waals surface area contributed by atoms with E-state index < -0.39 is 6.10 Å². The summed E-state index contributed by atoms with van der Waals surface area (Å²) in [5.74, 6) is 0. The number of fused-ring (bicyclic) bond motifs is 1. The van der Waals surface area contributed by atoms with Crippen molar-refractivity contribution in [3.8, 4) is 0 Å². The Morgan fingerprint density at radius 3 is 2.88 bits per heavy atom. The van der Waals surface area contributed by atoms with E-state index in [9.17, 15) is 5.11 Å². The zero-order valence-electron chi connectivity index (χ0n) is 9.81. The summed E-state index contributed by atoms with van der Waals surface area (Å²) in [7, 11) is 3.80. The largest absolute Gasteiger partial charge is 0.387 e. The summed E-state index contributed by atoms with van der Waals surface area (Å²) >= 11 is 0. The van der Waals surface area contributed by atoms with Crippen LogP contribution in [0.15, 0.2) is 24.5 Å². The molecule has 0 saturated heterocycles. The van der Waals surface area contributed by atoms with Crippen LogP contribution < -0.4 is 5.32 Å². The molecule has 0 fully saturated rings. The average Bonchev–Trinajstić information content (AvgIpc) is 2.68. The molecule has 0 aliphatic carbocycles. The van der Waals surface area contributed by atoms with Gasteiger partial charge in [0.15, 0.2) is 0 Å². The van der Waals surface area contributed by atoms with Gasteiger partial charge in [0.2, 0.25) is 0 Å². The normalized spacial score (nSPS) is 15.2. The number of nitrogens with zero attached hydrogens (tertiary/aromatic N) is 2. The van der Waals surface area contributed by atoms with Gasteiger partial charge in [-0.05, 0) is 31.7 Å². The van der Waals surface area contributed by atoms with Crippen molar-refractivity contribution in [3.05, 3.63) is 30.1 Å². The molecule has 0 aliphatic rings. The van der Waals surface area contributed by atoms with Crippen molar-refractivity contribution in [1.29, 1.82) is 0 Å². The van der Waals surface area contributed by atoms with Crippen LogP contribution in [0.3, 0.4) is 0 Å². The molecule has 2 unspecified atom stereocenters. The van der Waals surface area contributed by atoms with Crippen LogP contribution in [-0.4, -0.2) is 27.7 Å². The standard InChI is InChI=1S/C12H17N3O/c1-8(13-2)12(16)9-4-5-11-10(6-9)14-7-15(11)3/h4-8,12-13,16H,1-3H3. The van der Waals surface area contributed by atoms with Gasteiger partial charge in [0, 0.05) is 13.1 Å². The van der Waals surface area contributed by atoms with Gasteiger partial charge < -0.3 is 15.0 Å². The van der Waals surface area contributed by atoms with Crippen LogP contribution in [0.5, 0.6) is 0 Å². The minimum absolute atomic E-state index is 0.0289. The number of rotatable bonds is 3. The quantitative estimate of drug-likeness (QED) is 0.816. The lowest BCUT2D eigenvalue weighted by molar-refractivity contribution is 0.140. The third kappa shape index (κ3) is 1.81. The van der Waals surface area contributed by atoms with Gasteiger partial charge in [-0.1, -0.05) is 6.07 Å². The molecule has 2 aromatic rings. The van der Waals surface area contributed by atoms with Crippen LogP contribution >= 0.6 is 0 Å². The molecule has 0 radical (unpaired) electrons. The van der Waals surface area contributed by atoms with Crippen molar-refractivity contribution in [2.75, 3.05) is 7.05 Å². The second-order valence-corrected chi connectivity index (χ2v) is 4.13. The number of hydrogen-bond donors (Lipinski definition) is 2. The van der Waals surface area contributed by atoms with Gasteiger partial charge in [-0.2, -0.15) is 0 Å². The molecule has 0 amide bonds. The number of aromatic nitrogens is 2. The smallest absolute Gasteiger partial charge is 0.0955 e. The fraction of sp³-hybridized carbons (Fsp3) is 0.417. The average molecular weight is 219 g/mol. The molecule has 1 aromatic carbocycles. The predicted octanol–water partition coefficient (Wildman–Crippen LogP) is 1.21. The van der Waals surface area contributed by atoms with E-state index in [0.29, 0.717) is 0 Å². The minimum Gasteiger partial charge on any atom is -0.387 e. The molecule has 2 N–H and O–H groups in total. The molecule has 0 spiro atoms. The summed E-state index contributed by atoms with van der Waals surface area (Å²) < 4.78 is 1.97. The van der Waals surface area contributed by atoms with Gasteiger partial charge in [0.25, 0.3) is 0 Å². The first-order valence-corrected chi connectivity index (χ1v) is 5.40. The molecule has 0 bridgehead atoms. The van der Waals surface area contributed by atoms with Gasteiger partial charge in [-0.25, -0.2) is 4.98 Å². The molecule has 2 rings (SSSR count). The van der Waals surface area contributed by atoms with E-state index in [-0.39, 0.29) is 6.04 Å². The molecule has 1 heterocycles. The van der Waals surface area contributed by atoms with Crippen molar-refractivity contribution in [3.63, 3.8) is 0 Å². The monoisotopic (exact) mass is 219 g/mol. The molecular formula is C12H17N3O. The summed E-state index contributed by atoms with van der Waals surface area (Å²) in [5, 5.41) is 13.1. The van der Waals surface area contributed by atoms with Gasteiger partial charge in [-0.3, -0.25) is 0 Å². The predicted molar refractivity (Wildman–Crippen MR) is 64.2 cm³/mol. The van der Waals surface area contributed by atoms with E-state index >= 15 is 0 Å². The van der Waals surface area contributed by atoms with Crippen molar-refractivity contribution < 1.29 is 5.11 Å². The Balaban J connectivity index is 2.39. The van der Waals surface area contributed by atoms with Gasteiger partial charge >= 0.3 is 0 Å². The lowest BCUT2D eigenvalue weighted by atomic mass is 10.0. The van der Waals surface area contributed by atoms with Crippen molar-refractivity contribution in [2.24, 2.45) is 7.05 Å². The van der Waals surface area contributed by atoms with Crippen LogP contribution in [-0.2, 0) is 7.05 Å². The summed E-state index contributed by atoms with van der Waals surface area (Å²) in [6.07, 6.45) is 1.28. The number of imidazole rings is 1. The Morgan fingerprint density at radius 1 is 1.44 bits per heavy atom. The van der Waals surface area contributed by atoms with Crippen molar-refractivity contribution in [2.45, 2.75) is 19.1 Å². The number of aryl methyl sites for hydroxylation is 1. The zero-order valence-corrected chi connectivity index (χ0v) is 9.81. The summed E-state index contributed by atoms with van der Waals surface area (Å²) in [6.45, 7) is 1.95. The third-order valence-electron chi connectivity index (χ3n) is 3.02. The molecule has 86 valence electrons. The van der Waals surface area contributed by atoms with E-state index in [1.54, 1.807) is 6.33 Å². The Hall–Kier alpha value is -1.39. The van der Waals surface area contributed by atoms with Gasteiger partial charge in [0.05, 0.1) is 23.5 Å². The van der Waals surface area contributed by atoms with Crippen LogP contribution in [0.4, 0.5) is 0 Å². The number of hydrogen-bond acceptors (Lipinski definition) is 3. The molecule has 0 saturated carbocycles. The van der Waals surface area contributed by atoms with Crippen molar-refractivity contribution in [1.82, 2.24) is 14.9 Å². The third-order valence-corrected chi connectivity index (χ3v) is 3.02. The Morgan fingerprint density at radius 2 is 2.19 bits per heavy atom. The maximum absolute atomic E-state index is 10.1. The SMILES string of the molecule is CNC(C)C(O)c1ccc2c(c1)ncn2C. The Bertz CT molecular complexity index is 492. The Kier molecular flexibility index (Phi) is 2.94. The summed E-state index contributed by atoms with van der Waals surface area (Å²) in [5.41, 5.74) is 2.89. The fourth-order valence-electron chi connectivity index (χ4n) is 1.78. The molecule has 16 heavy (non-hydrogen) atoms. The number of aliphatic hydroxyl groups is 1. The fourth-order valence-corrected chi connectivity index (χ4v) is 1.78. The van der Waals surface area contributed by atoms with Gasteiger partial charge in [0.1, 0.15) is 0 Å². The highest BCUT2D eigenvalue weighted by molar-refractivity contribution is 5.76. The molecule has 1 aromatic heterocycles.